The largest absolute Gasteiger partial charge is 0.331 e. The Hall–Kier alpha value is -0.650. The Labute approximate surface area is 122 Å². The molecule has 1 aliphatic heterocycles. The zero-order valence-electron chi connectivity index (χ0n) is 11.3. The first-order valence-corrected chi connectivity index (χ1v) is 7.84. The first-order chi connectivity index (χ1) is 8.99. The molecule has 0 bridgehead atoms. The van der Waals surface area contributed by atoms with Crippen LogP contribution < -0.4 is 5.73 Å². The fourth-order valence-electron chi connectivity index (χ4n) is 2.51. The molecule has 19 heavy (non-hydrogen) atoms. The average Bonchev–Trinajstić information content (AvgIpc) is 2.68. The van der Waals surface area contributed by atoms with Crippen LogP contribution >= 0.6 is 22.9 Å². The van der Waals surface area contributed by atoms with Gasteiger partial charge in [0.2, 0.25) is 5.91 Å². The third-order valence-electron chi connectivity index (χ3n) is 3.30. The SMILES string of the molecule is CC(C)CN1C(=O)CCCC(N)C1c1ncc(Cl)s1. The molecule has 2 N–H and O–H groups in total. The number of nitrogens with zero attached hydrogens (tertiary/aromatic N) is 2. The maximum Gasteiger partial charge on any atom is 0.223 e. The van der Waals surface area contributed by atoms with E-state index in [0.29, 0.717) is 23.2 Å². The number of hydrogen-bond donors (Lipinski definition) is 1. The van der Waals surface area contributed by atoms with E-state index < -0.39 is 0 Å². The summed E-state index contributed by atoms with van der Waals surface area (Å²) < 4.78 is 0.642. The van der Waals surface area contributed by atoms with Gasteiger partial charge in [0.15, 0.2) is 0 Å². The Morgan fingerprint density at radius 1 is 1.63 bits per heavy atom. The van der Waals surface area contributed by atoms with Crippen LogP contribution in [0, 0.1) is 5.92 Å². The lowest BCUT2D eigenvalue weighted by Gasteiger charge is -2.33. The third kappa shape index (κ3) is 3.46. The Morgan fingerprint density at radius 2 is 2.37 bits per heavy atom. The quantitative estimate of drug-likeness (QED) is 0.934. The molecule has 0 aromatic carbocycles. The van der Waals surface area contributed by atoms with Gasteiger partial charge in [0.05, 0.1) is 12.2 Å². The van der Waals surface area contributed by atoms with Crippen molar-refractivity contribution in [1.29, 1.82) is 0 Å². The summed E-state index contributed by atoms with van der Waals surface area (Å²) in [6.07, 6.45) is 3.92. The Balaban J connectivity index is 2.33. The van der Waals surface area contributed by atoms with Crippen molar-refractivity contribution >= 4 is 28.8 Å². The van der Waals surface area contributed by atoms with Crippen molar-refractivity contribution in [3.05, 3.63) is 15.5 Å². The van der Waals surface area contributed by atoms with Crippen molar-refractivity contribution in [1.82, 2.24) is 9.88 Å². The van der Waals surface area contributed by atoms with Crippen molar-refractivity contribution in [2.24, 2.45) is 11.7 Å². The van der Waals surface area contributed by atoms with E-state index in [1.54, 1.807) is 6.20 Å². The minimum atomic E-state index is -0.130. The highest BCUT2D eigenvalue weighted by molar-refractivity contribution is 7.15. The number of amides is 1. The number of likely N-dealkylation sites (tertiary alicyclic amines) is 1. The summed E-state index contributed by atoms with van der Waals surface area (Å²) in [6, 6.07) is -0.192. The second-order valence-corrected chi connectivity index (χ2v) is 7.14. The van der Waals surface area contributed by atoms with Crippen LogP contribution in [0.4, 0.5) is 0 Å². The van der Waals surface area contributed by atoms with Crippen LogP contribution in [-0.4, -0.2) is 28.4 Å². The standard InChI is InChI=1S/C13H20ClN3OS/c1-8(2)7-17-11(18)5-3-4-9(15)12(17)13-16-6-10(14)19-13/h6,8-9,12H,3-5,7,15H2,1-2H3. The van der Waals surface area contributed by atoms with Crippen molar-refractivity contribution in [2.75, 3.05) is 6.54 Å². The van der Waals surface area contributed by atoms with Crippen LogP contribution in [0.15, 0.2) is 6.20 Å². The van der Waals surface area contributed by atoms with E-state index in [4.69, 9.17) is 17.3 Å². The van der Waals surface area contributed by atoms with Gasteiger partial charge in [-0.15, -0.1) is 11.3 Å². The van der Waals surface area contributed by atoms with Crippen LogP contribution in [0.2, 0.25) is 4.34 Å². The summed E-state index contributed by atoms with van der Waals surface area (Å²) in [5.41, 5.74) is 6.28. The van der Waals surface area contributed by atoms with Gasteiger partial charge < -0.3 is 10.6 Å². The normalized spacial score (nSPS) is 24.9. The second-order valence-electron chi connectivity index (χ2n) is 5.44. The molecule has 1 saturated heterocycles. The minimum Gasteiger partial charge on any atom is -0.331 e. The zero-order valence-corrected chi connectivity index (χ0v) is 12.9. The first kappa shape index (κ1) is 14.8. The number of halogens is 1. The second kappa shape index (κ2) is 6.20. The molecule has 2 rings (SSSR count). The van der Waals surface area contributed by atoms with Gasteiger partial charge in [-0.05, 0) is 18.8 Å². The monoisotopic (exact) mass is 301 g/mol. The van der Waals surface area contributed by atoms with E-state index in [9.17, 15) is 4.79 Å². The number of hydrogen-bond acceptors (Lipinski definition) is 4. The fraction of sp³-hybridized carbons (Fsp3) is 0.692. The van der Waals surface area contributed by atoms with E-state index in [2.05, 4.69) is 18.8 Å². The molecule has 0 spiro atoms. The molecular formula is C13H20ClN3OS. The van der Waals surface area contributed by atoms with Gasteiger partial charge in [-0.3, -0.25) is 4.79 Å². The number of carbonyl (C=O) groups excluding carboxylic acids is 1. The minimum absolute atomic E-state index is 0.0626. The van der Waals surface area contributed by atoms with Crippen LogP contribution in [0.3, 0.4) is 0 Å². The van der Waals surface area contributed by atoms with Crippen molar-refractivity contribution in [2.45, 2.75) is 45.2 Å². The number of carbonyl (C=O) groups is 1. The molecule has 0 saturated carbocycles. The molecule has 106 valence electrons. The van der Waals surface area contributed by atoms with Gasteiger partial charge in [-0.1, -0.05) is 25.4 Å². The molecule has 4 nitrogen and oxygen atoms in total. The predicted octanol–water partition coefficient (Wildman–Crippen LogP) is 2.83. The smallest absolute Gasteiger partial charge is 0.223 e. The summed E-state index contributed by atoms with van der Waals surface area (Å²) in [6.45, 7) is 4.93. The Kier molecular flexibility index (Phi) is 4.81. The molecular weight excluding hydrogens is 282 g/mol. The van der Waals surface area contributed by atoms with E-state index >= 15 is 0 Å². The summed E-state index contributed by atoms with van der Waals surface area (Å²) in [5, 5.41) is 0.855. The summed E-state index contributed by atoms with van der Waals surface area (Å²) in [4.78, 5) is 18.5. The van der Waals surface area contributed by atoms with E-state index in [-0.39, 0.29) is 18.0 Å². The number of aromatic nitrogens is 1. The lowest BCUT2D eigenvalue weighted by molar-refractivity contribution is -0.133. The molecule has 1 fully saturated rings. The average molecular weight is 302 g/mol. The zero-order chi connectivity index (χ0) is 14.0. The van der Waals surface area contributed by atoms with Gasteiger partial charge in [0.25, 0.3) is 0 Å². The Morgan fingerprint density at radius 3 is 2.95 bits per heavy atom. The molecule has 1 amide bonds. The lowest BCUT2D eigenvalue weighted by Crippen LogP contribution is -2.43. The summed E-state index contributed by atoms with van der Waals surface area (Å²) in [5.74, 6) is 0.588. The molecule has 1 aromatic rings. The fourth-order valence-corrected chi connectivity index (χ4v) is 3.62. The Bertz CT molecular complexity index is 449. The predicted molar refractivity (Wildman–Crippen MR) is 78.2 cm³/mol. The van der Waals surface area contributed by atoms with Crippen LogP contribution in [-0.2, 0) is 4.79 Å². The third-order valence-corrected chi connectivity index (χ3v) is 4.49. The van der Waals surface area contributed by atoms with E-state index in [1.807, 2.05) is 4.90 Å². The topological polar surface area (TPSA) is 59.2 Å². The molecule has 1 aliphatic rings. The molecule has 2 unspecified atom stereocenters. The van der Waals surface area contributed by atoms with Crippen molar-refractivity contribution in [3.8, 4) is 0 Å². The summed E-state index contributed by atoms with van der Waals surface area (Å²) in [7, 11) is 0. The van der Waals surface area contributed by atoms with E-state index in [0.717, 1.165) is 17.8 Å². The molecule has 1 aromatic heterocycles. The van der Waals surface area contributed by atoms with Crippen LogP contribution in [0.5, 0.6) is 0 Å². The highest BCUT2D eigenvalue weighted by Gasteiger charge is 2.34. The van der Waals surface area contributed by atoms with Crippen molar-refractivity contribution < 1.29 is 4.79 Å². The maximum atomic E-state index is 12.3. The highest BCUT2D eigenvalue weighted by atomic mass is 35.5. The molecule has 2 heterocycles. The number of rotatable bonds is 3. The molecule has 6 heteroatoms. The molecule has 0 aliphatic carbocycles. The van der Waals surface area contributed by atoms with Gasteiger partial charge >= 0.3 is 0 Å². The molecule has 0 radical (unpaired) electrons. The van der Waals surface area contributed by atoms with Gasteiger partial charge in [-0.25, -0.2) is 4.98 Å². The van der Waals surface area contributed by atoms with Crippen LogP contribution in [0.25, 0.3) is 0 Å². The lowest BCUT2D eigenvalue weighted by atomic mass is 10.0. The number of nitrogens with two attached hydrogens (primary N) is 1. The van der Waals surface area contributed by atoms with Gasteiger partial charge in [0, 0.05) is 19.0 Å². The first-order valence-electron chi connectivity index (χ1n) is 6.65. The van der Waals surface area contributed by atoms with Gasteiger partial charge in [-0.2, -0.15) is 0 Å². The van der Waals surface area contributed by atoms with Gasteiger partial charge in [0.1, 0.15) is 9.34 Å². The highest BCUT2D eigenvalue weighted by Crippen LogP contribution is 2.34. The maximum absolute atomic E-state index is 12.3. The number of thiazole rings is 1. The summed E-state index contributed by atoms with van der Waals surface area (Å²) >= 11 is 7.39. The van der Waals surface area contributed by atoms with E-state index in [1.165, 1.54) is 11.3 Å². The molecule has 2 atom stereocenters. The van der Waals surface area contributed by atoms with Crippen molar-refractivity contribution in [3.63, 3.8) is 0 Å². The van der Waals surface area contributed by atoms with Crippen LogP contribution in [0.1, 0.15) is 44.2 Å².